The molecule has 1 saturated heterocycles. The fourth-order valence-corrected chi connectivity index (χ4v) is 2.71. The summed E-state index contributed by atoms with van der Waals surface area (Å²) in [7, 11) is 0. The fraction of sp³-hybridized carbons (Fsp3) is 0.786. The minimum Gasteiger partial charge on any atom is -0.316 e. The van der Waals surface area contributed by atoms with Gasteiger partial charge in [0.25, 0.3) is 0 Å². The molecule has 0 aromatic carbocycles. The van der Waals surface area contributed by atoms with E-state index in [0.29, 0.717) is 25.3 Å². The van der Waals surface area contributed by atoms with Gasteiger partial charge in [-0.1, -0.05) is 13.8 Å². The van der Waals surface area contributed by atoms with E-state index in [2.05, 4.69) is 24.3 Å². The van der Waals surface area contributed by atoms with Gasteiger partial charge in [-0.2, -0.15) is 5.10 Å². The van der Waals surface area contributed by atoms with E-state index < -0.39 is 5.67 Å². The molecule has 0 aliphatic carbocycles. The summed E-state index contributed by atoms with van der Waals surface area (Å²) in [6, 6.07) is 2.42. The number of hydrogen-bond donors (Lipinski definition) is 1. The molecule has 1 aliphatic rings. The van der Waals surface area contributed by atoms with Crippen LogP contribution in [-0.4, -0.2) is 28.5 Å². The highest BCUT2D eigenvalue weighted by molar-refractivity contribution is 5.06. The summed E-state index contributed by atoms with van der Waals surface area (Å²) in [5, 5.41) is 7.75. The molecule has 0 bridgehead atoms. The Kier molecular flexibility index (Phi) is 4.38. The van der Waals surface area contributed by atoms with Crippen molar-refractivity contribution in [3.05, 3.63) is 18.0 Å². The predicted octanol–water partition coefficient (Wildman–Crippen LogP) is 2.88. The summed E-state index contributed by atoms with van der Waals surface area (Å²) in [6.07, 6.45) is 5.81. The minimum atomic E-state index is -1.06. The molecule has 0 amide bonds. The largest absolute Gasteiger partial charge is 0.316 e. The van der Waals surface area contributed by atoms with E-state index in [1.807, 2.05) is 16.9 Å². The molecular formula is C14H24FN3. The molecular weight excluding hydrogens is 229 g/mol. The molecule has 3 nitrogen and oxygen atoms in total. The molecule has 102 valence electrons. The number of piperidine rings is 1. The van der Waals surface area contributed by atoms with Gasteiger partial charge in [-0.25, -0.2) is 4.39 Å². The van der Waals surface area contributed by atoms with Crippen LogP contribution in [0.25, 0.3) is 0 Å². The Hall–Kier alpha value is -0.900. The second-order valence-corrected chi connectivity index (χ2v) is 5.34. The Labute approximate surface area is 109 Å². The first-order valence-electron chi connectivity index (χ1n) is 7.10. The van der Waals surface area contributed by atoms with Crippen molar-refractivity contribution in [3.8, 4) is 0 Å². The molecule has 2 heterocycles. The van der Waals surface area contributed by atoms with Crippen LogP contribution in [0.2, 0.25) is 0 Å². The minimum absolute atomic E-state index is 0.447. The van der Waals surface area contributed by atoms with E-state index in [1.165, 1.54) is 0 Å². The number of alkyl halides is 1. The first-order chi connectivity index (χ1) is 8.67. The maximum Gasteiger partial charge on any atom is 0.119 e. The van der Waals surface area contributed by atoms with Crippen molar-refractivity contribution in [1.82, 2.24) is 15.1 Å². The van der Waals surface area contributed by atoms with Gasteiger partial charge in [0.1, 0.15) is 5.67 Å². The molecule has 1 aromatic rings. The lowest BCUT2D eigenvalue weighted by Crippen LogP contribution is -2.40. The molecule has 1 aliphatic heterocycles. The van der Waals surface area contributed by atoms with Gasteiger partial charge in [-0.05, 0) is 44.8 Å². The maximum absolute atomic E-state index is 14.5. The van der Waals surface area contributed by atoms with Crippen LogP contribution >= 0.6 is 0 Å². The third-order valence-corrected chi connectivity index (χ3v) is 3.98. The lowest BCUT2D eigenvalue weighted by molar-refractivity contribution is 0.114. The van der Waals surface area contributed by atoms with Crippen LogP contribution in [0.3, 0.4) is 0 Å². The zero-order valence-corrected chi connectivity index (χ0v) is 11.5. The molecule has 1 N–H and O–H groups in total. The summed E-state index contributed by atoms with van der Waals surface area (Å²) in [5.74, 6) is 0. The Morgan fingerprint density at radius 1 is 1.39 bits per heavy atom. The summed E-state index contributed by atoms with van der Waals surface area (Å²) in [6.45, 7) is 5.89. The smallest absolute Gasteiger partial charge is 0.119 e. The zero-order chi connectivity index (χ0) is 13.0. The van der Waals surface area contributed by atoms with Crippen molar-refractivity contribution in [1.29, 1.82) is 0 Å². The van der Waals surface area contributed by atoms with E-state index in [9.17, 15) is 4.39 Å². The van der Waals surface area contributed by atoms with Crippen LogP contribution in [0.15, 0.2) is 12.3 Å². The van der Waals surface area contributed by atoms with Crippen LogP contribution in [0.4, 0.5) is 4.39 Å². The van der Waals surface area contributed by atoms with E-state index in [0.717, 1.165) is 31.6 Å². The molecule has 18 heavy (non-hydrogen) atoms. The normalized spacial score (nSPS) is 19.3. The monoisotopic (exact) mass is 253 g/mol. The third-order valence-electron chi connectivity index (χ3n) is 3.98. The highest BCUT2D eigenvalue weighted by atomic mass is 19.1. The Morgan fingerprint density at radius 3 is 2.67 bits per heavy atom. The van der Waals surface area contributed by atoms with Crippen molar-refractivity contribution >= 4 is 0 Å². The van der Waals surface area contributed by atoms with E-state index in [4.69, 9.17) is 0 Å². The van der Waals surface area contributed by atoms with Crippen molar-refractivity contribution < 1.29 is 4.39 Å². The average molecular weight is 253 g/mol. The van der Waals surface area contributed by atoms with Crippen molar-refractivity contribution in [2.75, 3.05) is 13.1 Å². The third kappa shape index (κ3) is 3.10. The van der Waals surface area contributed by atoms with E-state index >= 15 is 0 Å². The summed E-state index contributed by atoms with van der Waals surface area (Å²) >= 11 is 0. The maximum atomic E-state index is 14.5. The quantitative estimate of drug-likeness (QED) is 0.874. The second-order valence-electron chi connectivity index (χ2n) is 5.34. The van der Waals surface area contributed by atoms with Gasteiger partial charge < -0.3 is 5.32 Å². The van der Waals surface area contributed by atoms with Crippen LogP contribution < -0.4 is 5.32 Å². The van der Waals surface area contributed by atoms with Gasteiger partial charge in [-0.15, -0.1) is 0 Å². The highest BCUT2D eigenvalue weighted by Crippen LogP contribution is 2.27. The second kappa shape index (κ2) is 5.83. The average Bonchev–Trinajstić information content (AvgIpc) is 2.79. The molecule has 2 rings (SSSR count). The number of aromatic nitrogens is 2. The zero-order valence-electron chi connectivity index (χ0n) is 11.5. The molecule has 4 heteroatoms. The first kappa shape index (κ1) is 13.5. The van der Waals surface area contributed by atoms with Gasteiger partial charge in [0.2, 0.25) is 0 Å². The molecule has 1 fully saturated rings. The van der Waals surface area contributed by atoms with Crippen molar-refractivity contribution in [2.24, 2.45) is 0 Å². The Bertz CT molecular complexity index is 365. The Morgan fingerprint density at radius 2 is 2.06 bits per heavy atom. The molecule has 0 saturated carbocycles. The van der Waals surface area contributed by atoms with Gasteiger partial charge in [0.15, 0.2) is 0 Å². The van der Waals surface area contributed by atoms with E-state index in [1.54, 1.807) is 0 Å². The van der Waals surface area contributed by atoms with Crippen molar-refractivity contribution in [2.45, 2.75) is 57.7 Å². The van der Waals surface area contributed by atoms with Gasteiger partial charge in [-0.3, -0.25) is 4.68 Å². The van der Waals surface area contributed by atoms with Crippen LogP contribution in [0.1, 0.15) is 51.3 Å². The number of nitrogens with zero attached hydrogens (tertiary/aromatic N) is 2. The van der Waals surface area contributed by atoms with Gasteiger partial charge in [0, 0.05) is 12.6 Å². The lowest BCUT2D eigenvalue weighted by atomic mass is 9.90. The van der Waals surface area contributed by atoms with Crippen LogP contribution in [0, 0.1) is 0 Å². The summed E-state index contributed by atoms with van der Waals surface area (Å²) < 4.78 is 16.5. The number of rotatable bonds is 5. The topological polar surface area (TPSA) is 29.9 Å². The van der Waals surface area contributed by atoms with Crippen LogP contribution in [0.5, 0.6) is 0 Å². The number of nitrogens with one attached hydrogen (secondary N) is 1. The van der Waals surface area contributed by atoms with Gasteiger partial charge >= 0.3 is 0 Å². The highest BCUT2D eigenvalue weighted by Gasteiger charge is 2.32. The van der Waals surface area contributed by atoms with Crippen LogP contribution in [-0.2, 0) is 6.42 Å². The van der Waals surface area contributed by atoms with Gasteiger partial charge in [0.05, 0.1) is 11.7 Å². The fourth-order valence-electron chi connectivity index (χ4n) is 2.71. The predicted molar refractivity (Wildman–Crippen MR) is 71.5 cm³/mol. The number of halogens is 1. The molecule has 1 aromatic heterocycles. The molecule has 0 spiro atoms. The SMILES string of the molecule is CCC(CC)n1ccc(CC2(F)CCNCC2)n1. The molecule has 0 radical (unpaired) electrons. The van der Waals surface area contributed by atoms with Crippen molar-refractivity contribution in [3.63, 3.8) is 0 Å². The first-order valence-corrected chi connectivity index (χ1v) is 7.10. The Balaban J connectivity index is 2.01. The molecule has 0 atom stereocenters. The lowest BCUT2D eigenvalue weighted by Gasteiger charge is -2.29. The summed E-state index contributed by atoms with van der Waals surface area (Å²) in [5.41, 5.74) is -0.162. The van der Waals surface area contributed by atoms with E-state index in [-0.39, 0.29) is 0 Å². The standard InChI is InChI=1S/C14H24FN3/c1-3-13(4-2)18-10-5-12(17-18)11-14(15)6-8-16-9-7-14/h5,10,13,16H,3-4,6-9,11H2,1-2H3. The number of hydrogen-bond acceptors (Lipinski definition) is 2. The summed E-state index contributed by atoms with van der Waals surface area (Å²) in [4.78, 5) is 0. The molecule has 0 unspecified atom stereocenters.